The van der Waals surface area contributed by atoms with Gasteiger partial charge in [0.15, 0.2) is 5.96 Å². The second kappa shape index (κ2) is 8.56. The van der Waals surface area contributed by atoms with E-state index < -0.39 is 0 Å². The number of carbonyl (C=O) groups is 1. The molecule has 5 nitrogen and oxygen atoms in total. The minimum atomic E-state index is -0.362. The van der Waals surface area contributed by atoms with Crippen LogP contribution in [0.5, 0.6) is 0 Å². The summed E-state index contributed by atoms with van der Waals surface area (Å²) >= 11 is 0. The van der Waals surface area contributed by atoms with Crippen molar-refractivity contribution in [1.82, 2.24) is 16.0 Å². The normalized spacial score (nSPS) is 13.4. The smallest absolute Gasteiger partial charge is 0.225 e. The fourth-order valence-electron chi connectivity index (χ4n) is 2.17. The molecule has 0 saturated carbocycles. The van der Waals surface area contributed by atoms with Crippen LogP contribution < -0.4 is 16.0 Å². The van der Waals surface area contributed by atoms with E-state index in [-0.39, 0.29) is 17.4 Å². The number of hydrogen-bond acceptors (Lipinski definition) is 2. The summed E-state index contributed by atoms with van der Waals surface area (Å²) in [5, 5.41) is 9.50. The third kappa shape index (κ3) is 6.30. The Labute approximate surface area is 140 Å². The molecule has 0 aliphatic heterocycles. The van der Waals surface area contributed by atoms with Gasteiger partial charge in [-0.25, -0.2) is 0 Å². The molecule has 0 radical (unpaired) electrons. The molecule has 1 unspecified atom stereocenters. The number of benzene rings is 1. The number of aryl methyl sites for hydroxylation is 1. The number of nitrogens with one attached hydrogen (secondary N) is 3. The topological polar surface area (TPSA) is 65.5 Å². The average molecular weight is 318 g/mol. The lowest BCUT2D eigenvalue weighted by Gasteiger charge is -2.21. The Morgan fingerprint density at radius 3 is 2.35 bits per heavy atom. The zero-order valence-corrected chi connectivity index (χ0v) is 15.2. The third-order valence-corrected chi connectivity index (χ3v) is 3.62. The van der Waals surface area contributed by atoms with Gasteiger partial charge in [0.05, 0.1) is 6.04 Å². The van der Waals surface area contributed by atoms with Crippen molar-refractivity contribution in [3.8, 4) is 0 Å². The molecular formula is C18H30N4O. The van der Waals surface area contributed by atoms with Crippen molar-refractivity contribution in [2.45, 2.75) is 40.7 Å². The van der Waals surface area contributed by atoms with Crippen LogP contribution in [0, 0.1) is 12.3 Å². The van der Waals surface area contributed by atoms with E-state index in [9.17, 15) is 4.79 Å². The Bertz CT molecular complexity index is 546. The number of amides is 1. The molecule has 23 heavy (non-hydrogen) atoms. The first-order valence-electron chi connectivity index (χ1n) is 8.06. The molecule has 0 aromatic heterocycles. The van der Waals surface area contributed by atoms with Gasteiger partial charge >= 0.3 is 0 Å². The standard InChI is InChI=1S/C18H30N4O/c1-13-9-7-8-10-15(13)14(2)22-17(19-6)21-12-11-20-16(23)18(3,4)5/h7-10,14H,11-12H2,1-6H3,(H,20,23)(H2,19,21,22). The first kappa shape index (κ1) is 19.0. The summed E-state index contributed by atoms with van der Waals surface area (Å²) in [5.41, 5.74) is 2.14. The van der Waals surface area contributed by atoms with E-state index in [1.807, 2.05) is 32.9 Å². The van der Waals surface area contributed by atoms with Gasteiger partial charge in [0.25, 0.3) is 0 Å². The fraction of sp³-hybridized carbons (Fsp3) is 0.556. The highest BCUT2D eigenvalue weighted by molar-refractivity contribution is 5.82. The monoisotopic (exact) mass is 318 g/mol. The highest BCUT2D eigenvalue weighted by atomic mass is 16.2. The minimum absolute atomic E-state index is 0.0514. The van der Waals surface area contributed by atoms with E-state index >= 15 is 0 Å². The van der Waals surface area contributed by atoms with Crippen molar-refractivity contribution in [3.05, 3.63) is 35.4 Å². The van der Waals surface area contributed by atoms with Gasteiger partial charge in [-0.05, 0) is 25.0 Å². The molecule has 128 valence electrons. The van der Waals surface area contributed by atoms with Crippen molar-refractivity contribution in [3.63, 3.8) is 0 Å². The van der Waals surface area contributed by atoms with E-state index in [2.05, 4.69) is 46.9 Å². The SMILES string of the molecule is CN=C(NCCNC(=O)C(C)(C)C)NC(C)c1ccccc1C. The maximum absolute atomic E-state index is 11.8. The van der Waals surface area contributed by atoms with Gasteiger partial charge in [0.2, 0.25) is 5.91 Å². The van der Waals surface area contributed by atoms with Gasteiger partial charge in [0, 0.05) is 25.6 Å². The van der Waals surface area contributed by atoms with Crippen LogP contribution in [-0.2, 0) is 4.79 Å². The minimum Gasteiger partial charge on any atom is -0.355 e. The summed E-state index contributed by atoms with van der Waals surface area (Å²) < 4.78 is 0. The zero-order chi connectivity index (χ0) is 17.5. The van der Waals surface area contributed by atoms with Crippen LogP contribution in [0.15, 0.2) is 29.3 Å². The third-order valence-electron chi connectivity index (χ3n) is 3.62. The van der Waals surface area contributed by atoms with Gasteiger partial charge in [0.1, 0.15) is 0 Å². The Hall–Kier alpha value is -2.04. The number of carbonyl (C=O) groups excluding carboxylic acids is 1. The number of aliphatic imine (C=N–C) groups is 1. The lowest BCUT2D eigenvalue weighted by Crippen LogP contribution is -2.44. The summed E-state index contributed by atoms with van der Waals surface area (Å²) in [6.45, 7) is 11.1. The molecule has 1 amide bonds. The van der Waals surface area contributed by atoms with Gasteiger partial charge in [-0.3, -0.25) is 9.79 Å². The molecule has 0 aliphatic carbocycles. The van der Waals surface area contributed by atoms with Crippen LogP contribution in [-0.4, -0.2) is 32.0 Å². The number of guanidine groups is 1. The second-order valence-electron chi connectivity index (χ2n) is 6.73. The summed E-state index contributed by atoms with van der Waals surface area (Å²) in [4.78, 5) is 16.0. The maximum atomic E-state index is 11.8. The lowest BCUT2D eigenvalue weighted by atomic mass is 9.96. The molecule has 1 aromatic rings. The van der Waals surface area contributed by atoms with Gasteiger partial charge in [-0.15, -0.1) is 0 Å². The van der Waals surface area contributed by atoms with Crippen LogP contribution in [0.4, 0.5) is 0 Å². The second-order valence-corrected chi connectivity index (χ2v) is 6.73. The number of hydrogen-bond donors (Lipinski definition) is 3. The van der Waals surface area contributed by atoms with Crippen LogP contribution in [0.3, 0.4) is 0 Å². The molecule has 0 heterocycles. The van der Waals surface area contributed by atoms with E-state index in [1.54, 1.807) is 7.05 Å². The molecule has 0 saturated heterocycles. The molecule has 3 N–H and O–H groups in total. The van der Waals surface area contributed by atoms with Crippen LogP contribution in [0.2, 0.25) is 0 Å². The number of rotatable bonds is 5. The fourth-order valence-corrected chi connectivity index (χ4v) is 2.17. The highest BCUT2D eigenvalue weighted by Crippen LogP contribution is 2.16. The molecule has 1 aromatic carbocycles. The Morgan fingerprint density at radius 2 is 1.78 bits per heavy atom. The molecule has 0 spiro atoms. The van der Waals surface area contributed by atoms with Crippen LogP contribution >= 0.6 is 0 Å². The predicted molar refractivity (Wildman–Crippen MR) is 96.6 cm³/mol. The summed E-state index contributed by atoms with van der Waals surface area (Å²) in [6, 6.07) is 8.46. The van der Waals surface area contributed by atoms with Crippen LogP contribution in [0.1, 0.15) is 44.9 Å². The predicted octanol–water partition coefficient (Wildman–Crippen LogP) is 2.38. The zero-order valence-electron chi connectivity index (χ0n) is 15.2. The van der Waals surface area contributed by atoms with Crippen molar-refractivity contribution < 1.29 is 4.79 Å². The molecule has 0 bridgehead atoms. The molecular weight excluding hydrogens is 288 g/mol. The first-order chi connectivity index (χ1) is 10.8. The molecule has 1 atom stereocenters. The number of nitrogens with zero attached hydrogens (tertiary/aromatic N) is 1. The summed E-state index contributed by atoms with van der Waals surface area (Å²) in [6.07, 6.45) is 0. The van der Waals surface area contributed by atoms with Crippen LogP contribution in [0.25, 0.3) is 0 Å². The maximum Gasteiger partial charge on any atom is 0.225 e. The highest BCUT2D eigenvalue weighted by Gasteiger charge is 2.20. The average Bonchev–Trinajstić information content (AvgIpc) is 2.49. The van der Waals surface area contributed by atoms with Crippen molar-refractivity contribution in [2.24, 2.45) is 10.4 Å². The largest absolute Gasteiger partial charge is 0.355 e. The van der Waals surface area contributed by atoms with Crippen molar-refractivity contribution in [1.29, 1.82) is 0 Å². The first-order valence-corrected chi connectivity index (χ1v) is 8.06. The molecule has 5 heteroatoms. The van der Waals surface area contributed by atoms with E-state index in [0.29, 0.717) is 13.1 Å². The molecule has 0 fully saturated rings. The lowest BCUT2D eigenvalue weighted by molar-refractivity contribution is -0.128. The quantitative estimate of drug-likeness (QED) is 0.444. The van der Waals surface area contributed by atoms with Gasteiger partial charge in [-0.2, -0.15) is 0 Å². The van der Waals surface area contributed by atoms with Gasteiger partial charge < -0.3 is 16.0 Å². The van der Waals surface area contributed by atoms with Crippen molar-refractivity contribution >= 4 is 11.9 Å². The molecule has 1 rings (SSSR count). The van der Waals surface area contributed by atoms with E-state index in [4.69, 9.17) is 0 Å². The van der Waals surface area contributed by atoms with Gasteiger partial charge in [-0.1, -0.05) is 45.0 Å². The van der Waals surface area contributed by atoms with E-state index in [1.165, 1.54) is 11.1 Å². The Balaban J connectivity index is 2.44. The molecule has 0 aliphatic rings. The van der Waals surface area contributed by atoms with Crippen molar-refractivity contribution in [2.75, 3.05) is 20.1 Å². The van der Waals surface area contributed by atoms with E-state index in [0.717, 1.165) is 5.96 Å². The Morgan fingerprint density at radius 1 is 1.17 bits per heavy atom. The summed E-state index contributed by atoms with van der Waals surface area (Å²) in [5.74, 6) is 0.779. The Kier molecular flexibility index (Phi) is 7.07. The summed E-state index contributed by atoms with van der Waals surface area (Å²) in [7, 11) is 1.74.